The smallest absolute Gasteiger partial charge is 0.264 e. The van der Waals surface area contributed by atoms with Gasteiger partial charge in [0, 0.05) is 37.3 Å². The van der Waals surface area contributed by atoms with Crippen LogP contribution in [0.2, 0.25) is 0 Å². The summed E-state index contributed by atoms with van der Waals surface area (Å²) < 4.78 is 58.6. The quantitative estimate of drug-likeness (QED) is 0.507. The molecule has 10 heteroatoms. The van der Waals surface area contributed by atoms with Gasteiger partial charge in [-0.1, -0.05) is 12.1 Å². The molecule has 2 heterocycles. The fourth-order valence-corrected chi connectivity index (χ4v) is 6.40. The van der Waals surface area contributed by atoms with E-state index in [-0.39, 0.29) is 23.5 Å². The minimum atomic E-state index is -3.98. The largest absolute Gasteiger partial charge is 0.504 e. The van der Waals surface area contributed by atoms with Crippen molar-refractivity contribution in [3.05, 3.63) is 72.0 Å². The second-order valence-electron chi connectivity index (χ2n) is 8.77. The van der Waals surface area contributed by atoms with Gasteiger partial charge in [0.2, 0.25) is 6.79 Å². The van der Waals surface area contributed by atoms with Gasteiger partial charge in [0.15, 0.2) is 23.0 Å². The topological polar surface area (TPSA) is 88.5 Å². The second-order valence-corrected chi connectivity index (χ2v) is 10.6. The first kappa shape index (κ1) is 24.2. The lowest BCUT2D eigenvalue weighted by atomic mass is 10.0. The lowest BCUT2D eigenvalue weighted by Crippen LogP contribution is -2.47. The number of methoxy groups -OCH3 is 1. The van der Waals surface area contributed by atoms with Crippen LogP contribution in [0.15, 0.2) is 65.6 Å². The van der Waals surface area contributed by atoms with Gasteiger partial charge in [0.05, 0.1) is 17.7 Å². The number of fused-ring (bicyclic) bond motifs is 1. The number of phenols is 1. The van der Waals surface area contributed by atoms with Crippen molar-refractivity contribution in [2.75, 3.05) is 31.3 Å². The molecule has 0 aliphatic carbocycles. The Morgan fingerprint density at radius 1 is 1.06 bits per heavy atom. The predicted octanol–water partition coefficient (Wildman–Crippen LogP) is 4.13. The van der Waals surface area contributed by atoms with Crippen LogP contribution in [0, 0.1) is 5.82 Å². The molecule has 0 atom stereocenters. The summed E-state index contributed by atoms with van der Waals surface area (Å²) in [5.41, 5.74) is 1.21. The summed E-state index contributed by atoms with van der Waals surface area (Å²) in [5.74, 6) is 1.07. The molecule has 0 saturated carbocycles. The number of sulfonamides is 1. The number of anilines is 1. The number of rotatable bonds is 7. The summed E-state index contributed by atoms with van der Waals surface area (Å²) in [4.78, 5) is 2.19. The monoisotopic (exact) mass is 514 g/mol. The van der Waals surface area contributed by atoms with Crippen molar-refractivity contribution in [3.63, 3.8) is 0 Å². The van der Waals surface area contributed by atoms with Gasteiger partial charge in [-0.3, -0.25) is 9.21 Å². The van der Waals surface area contributed by atoms with Crippen molar-refractivity contribution < 1.29 is 32.1 Å². The van der Waals surface area contributed by atoms with Gasteiger partial charge >= 0.3 is 0 Å². The zero-order valence-corrected chi connectivity index (χ0v) is 20.6. The standard InChI is InChI=1S/C26H27FN2O6S/c1-33-24-4-2-3-18(26(24)30)16-28-13-11-20(12-14-28)29(21-7-10-23-25(15-21)35-17-34-23)36(31,32)22-8-5-19(27)6-9-22/h2-10,15,20,30H,11-14,16-17H2,1H3. The maximum Gasteiger partial charge on any atom is 0.264 e. The molecule has 1 saturated heterocycles. The molecule has 36 heavy (non-hydrogen) atoms. The molecule has 3 aromatic rings. The van der Waals surface area contributed by atoms with Crippen molar-refractivity contribution in [1.29, 1.82) is 0 Å². The summed E-state index contributed by atoms with van der Waals surface area (Å²) >= 11 is 0. The Labute approximate surface area is 209 Å². The van der Waals surface area contributed by atoms with Crippen LogP contribution < -0.4 is 18.5 Å². The number of hydrogen-bond donors (Lipinski definition) is 1. The number of nitrogens with zero attached hydrogens (tertiary/aromatic N) is 2. The molecular formula is C26H27FN2O6S. The SMILES string of the molecule is COc1cccc(CN2CCC(N(c3ccc4c(c3)OCO4)S(=O)(=O)c3ccc(F)cc3)CC2)c1O. The molecule has 0 unspecified atom stereocenters. The maximum atomic E-state index is 13.8. The number of likely N-dealkylation sites (tertiary alicyclic amines) is 1. The van der Waals surface area contributed by atoms with Crippen LogP contribution in [-0.4, -0.2) is 51.5 Å². The summed E-state index contributed by atoms with van der Waals surface area (Å²) in [7, 11) is -2.47. The van der Waals surface area contributed by atoms with E-state index in [1.54, 1.807) is 24.3 Å². The molecule has 0 aromatic heterocycles. The number of piperidine rings is 1. The van der Waals surface area contributed by atoms with E-state index in [0.717, 1.165) is 17.7 Å². The van der Waals surface area contributed by atoms with E-state index in [1.807, 2.05) is 12.1 Å². The van der Waals surface area contributed by atoms with Gasteiger partial charge in [-0.15, -0.1) is 0 Å². The highest BCUT2D eigenvalue weighted by Gasteiger charge is 2.35. The van der Waals surface area contributed by atoms with Gasteiger partial charge in [0.1, 0.15) is 5.82 Å². The Balaban J connectivity index is 1.40. The summed E-state index contributed by atoms with van der Waals surface area (Å²) in [5, 5.41) is 10.4. The van der Waals surface area contributed by atoms with Crippen molar-refractivity contribution >= 4 is 15.7 Å². The average Bonchev–Trinajstić information content (AvgIpc) is 3.35. The first-order chi connectivity index (χ1) is 17.4. The minimum Gasteiger partial charge on any atom is -0.504 e. The normalized spacial score (nSPS) is 16.2. The highest BCUT2D eigenvalue weighted by atomic mass is 32.2. The van der Waals surface area contributed by atoms with Crippen molar-refractivity contribution in [1.82, 2.24) is 4.90 Å². The molecule has 1 N–H and O–H groups in total. The Hall–Kier alpha value is -3.50. The minimum absolute atomic E-state index is 0.0188. The number of phenolic OH excluding ortho intramolecular Hbond substituents is 1. The number of aromatic hydroxyl groups is 1. The number of benzene rings is 3. The van der Waals surface area contributed by atoms with Gasteiger partial charge < -0.3 is 19.3 Å². The van der Waals surface area contributed by atoms with Crippen LogP contribution in [0.3, 0.4) is 0 Å². The fourth-order valence-electron chi connectivity index (χ4n) is 4.70. The molecular weight excluding hydrogens is 487 g/mol. The zero-order chi connectivity index (χ0) is 25.3. The first-order valence-corrected chi connectivity index (χ1v) is 13.1. The van der Waals surface area contributed by atoms with Crippen molar-refractivity contribution in [2.45, 2.75) is 30.3 Å². The predicted molar refractivity (Wildman–Crippen MR) is 132 cm³/mol. The number of ether oxygens (including phenoxy) is 3. The third-order valence-corrected chi connectivity index (χ3v) is 8.46. The Morgan fingerprint density at radius 2 is 1.78 bits per heavy atom. The molecule has 0 spiro atoms. The summed E-state index contributed by atoms with van der Waals surface area (Å²) in [6.45, 7) is 1.85. The Bertz CT molecular complexity index is 1340. The third-order valence-electron chi connectivity index (χ3n) is 6.57. The Morgan fingerprint density at radius 3 is 2.50 bits per heavy atom. The molecule has 0 radical (unpaired) electrons. The van der Waals surface area contributed by atoms with E-state index >= 15 is 0 Å². The van der Waals surface area contributed by atoms with Gasteiger partial charge in [-0.25, -0.2) is 12.8 Å². The maximum absolute atomic E-state index is 13.8. The lowest BCUT2D eigenvalue weighted by molar-refractivity contribution is 0.174. The van der Waals surface area contributed by atoms with Gasteiger partial charge in [-0.2, -0.15) is 0 Å². The van der Waals surface area contributed by atoms with E-state index < -0.39 is 15.8 Å². The number of para-hydroxylation sites is 1. The van der Waals surface area contributed by atoms with Crippen molar-refractivity contribution in [3.8, 4) is 23.0 Å². The molecule has 3 aromatic carbocycles. The number of hydrogen-bond acceptors (Lipinski definition) is 7. The molecule has 0 amide bonds. The van der Waals surface area contributed by atoms with E-state index in [9.17, 15) is 17.9 Å². The van der Waals surface area contributed by atoms with Gasteiger partial charge in [-0.05, 0) is 55.3 Å². The molecule has 2 aliphatic heterocycles. The molecule has 190 valence electrons. The van der Waals surface area contributed by atoms with E-state index in [0.29, 0.717) is 55.4 Å². The Kier molecular flexibility index (Phi) is 6.63. The van der Waals surface area contributed by atoms with Crippen molar-refractivity contribution in [2.24, 2.45) is 0 Å². The second kappa shape index (κ2) is 9.87. The molecule has 5 rings (SSSR count). The van der Waals surface area contributed by atoms with Crippen LogP contribution >= 0.6 is 0 Å². The summed E-state index contributed by atoms with van der Waals surface area (Å²) in [6, 6.07) is 15.0. The van der Waals surface area contributed by atoms with E-state index in [2.05, 4.69) is 4.90 Å². The number of halogens is 1. The van der Waals surface area contributed by atoms with E-state index in [1.165, 1.54) is 23.5 Å². The summed E-state index contributed by atoms with van der Waals surface area (Å²) in [6.07, 6.45) is 1.14. The zero-order valence-electron chi connectivity index (χ0n) is 19.8. The van der Waals surface area contributed by atoms with Crippen LogP contribution in [0.1, 0.15) is 18.4 Å². The fraction of sp³-hybridized carbons (Fsp3) is 0.308. The molecule has 1 fully saturated rings. The highest BCUT2D eigenvalue weighted by molar-refractivity contribution is 7.92. The van der Waals surface area contributed by atoms with Gasteiger partial charge in [0.25, 0.3) is 10.0 Å². The third kappa shape index (κ3) is 4.66. The van der Waals surface area contributed by atoms with Crippen LogP contribution in [0.5, 0.6) is 23.0 Å². The van der Waals surface area contributed by atoms with Crippen LogP contribution in [0.25, 0.3) is 0 Å². The van der Waals surface area contributed by atoms with Crippen LogP contribution in [0.4, 0.5) is 10.1 Å². The molecule has 2 aliphatic rings. The molecule has 0 bridgehead atoms. The van der Waals surface area contributed by atoms with Crippen LogP contribution in [-0.2, 0) is 16.6 Å². The lowest BCUT2D eigenvalue weighted by Gasteiger charge is -2.39. The average molecular weight is 515 g/mol. The first-order valence-electron chi connectivity index (χ1n) is 11.6. The molecule has 8 nitrogen and oxygen atoms in total. The highest BCUT2D eigenvalue weighted by Crippen LogP contribution is 2.39. The van der Waals surface area contributed by atoms with E-state index in [4.69, 9.17) is 14.2 Å².